The second-order valence-corrected chi connectivity index (χ2v) is 9.25. The van der Waals surface area contributed by atoms with Gasteiger partial charge in [-0.2, -0.15) is 0 Å². The zero-order valence-corrected chi connectivity index (χ0v) is 19.9. The minimum absolute atomic E-state index is 0.363. The molecule has 4 rings (SSSR count). The molecule has 0 radical (unpaired) electrons. The quantitative estimate of drug-likeness (QED) is 0.382. The molecule has 0 saturated heterocycles. The van der Waals surface area contributed by atoms with Gasteiger partial charge in [-0.15, -0.1) is 22.7 Å². The van der Waals surface area contributed by atoms with E-state index in [1.165, 1.54) is 22.7 Å². The molecule has 9 heteroatoms. The molecule has 0 aliphatic carbocycles. The summed E-state index contributed by atoms with van der Waals surface area (Å²) in [6, 6.07) is 15.9. The van der Waals surface area contributed by atoms with Crippen LogP contribution in [-0.4, -0.2) is 44.2 Å². The van der Waals surface area contributed by atoms with Crippen molar-refractivity contribution >= 4 is 50.3 Å². The van der Waals surface area contributed by atoms with Gasteiger partial charge < -0.3 is 9.80 Å². The Morgan fingerprint density at radius 3 is 1.41 bits per heavy atom. The summed E-state index contributed by atoms with van der Waals surface area (Å²) in [5.41, 5.74) is 5.91. The molecule has 0 aliphatic rings. The molecule has 0 fully saturated rings. The Balaban J connectivity index is 1.37. The number of rotatable bonds is 6. The SMILES string of the molecule is CN(C)c1ccc(-c2csc(NC(=O)Nc3nc(-c4ccc(N(C)C)cc4)cs3)n2)cc1. The minimum atomic E-state index is -0.363. The van der Waals surface area contributed by atoms with E-state index in [9.17, 15) is 4.79 Å². The lowest BCUT2D eigenvalue weighted by atomic mass is 10.1. The first-order valence-electron chi connectivity index (χ1n) is 9.93. The Morgan fingerprint density at radius 2 is 1.06 bits per heavy atom. The van der Waals surface area contributed by atoms with Gasteiger partial charge in [0.15, 0.2) is 10.3 Å². The second kappa shape index (κ2) is 9.37. The predicted molar refractivity (Wildman–Crippen MR) is 136 cm³/mol. The van der Waals surface area contributed by atoms with Gasteiger partial charge in [0.05, 0.1) is 11.4 Å². The smallest absolute Gasteiger partial charge is 0.327 e. The Kier molecular flexibility index (Phi) is 6.38. The van der Waals surface area contributed by atoms with E-state index in [0.29, 0.717) is 10.3 Å². The van der Waals surface area contributed by atoms with E-state index in [-0.39, 0.29) is 6.03 Å². The third kappa shape index (κ3) is 5.06. The van der Waals surface area contributed by atoms with Gasteiger partial charge in [0.1, 0.15) is 0 Å². The molecule has 0 atom stereocenters. The molecular weight excluding hydrogens is 440 g/mol. The largest absolute Gasteiger partial charge is 0.378 e. The third-order valence-electron chi connectivity index (χ3n) is 4.81. The van der Waals surface area contributed by atoms with Gasteiger partial charge in [0.25, 0.3) is 0 Å². The fourth-order valence-corrected chi connectivity index (χ4v) is 4.44. The van der Waals surface area contributed by atoms with Crippen LogP contribution in [0.5, 0.6) is 0 Å². The standard InChI is InChI=1S/C23H24N6OS2/c1-28(2)17-9-5-15(6-10-17)19-13-31-22(24-19)26-21(30)27-23-25-20(14-32-23)16-7-11-18(12-8-16)29(3)4/h5-14H,1-4H3,(H2,24,25,26,27,30). The number of nitrogens with one attached hydrogen (secondary N) is 2. The van der Waals surface area contributed by atoms with Crippen LogP contribution in [0.4, 0.5) is 26.4 Å². The van der Waals surface area contributed by atoms with Crippen LogP contribution >= 0.6 is 22.7 Å². The summed E-state index contributed by atoms with van der Waals surface area (Å²) in [5, 5.41) is 10.5. The molecule has 2 amide bonds. The molecule has 0 bridgehead atoms. The number of urea groups is 1. The van der Waals surface area contributed by atoms with Crippen LogP contribution < -0.4 is 20.4 Å². The third-order valence-corrected chi connectivity index (χ3v) is 6.32. The maximum absolute atomic E-state index is 12.4. The highest BCUT2D eigenvalue weighted by Crippen LogP contribution is 2.28. The normalized spacial score (nSPS) is 10.6. The summed E-state index contributed by atoms with van der Waals surface area (Å²) in [6.45, 7) is 0. The number of carbonyl (C=O) groups is 1. The van der Waals surface area contributed by atoms with Crippen molar-refractivity contribution in [3.63, 3.8) is 0 Å². The molecule has 2 aromatic heterocycles. The summed E-state index contributed by atoms with van der Waals surface area (Å²) in [4.78, 5) is 25.6. The van der Waals surface area contributed by atoms with Gasteiger partial charge in [0, 0.05) is 61.5 Å². The van der Waals surface area contributed by atoms with E-state index >= 15 is 0 Å². The number of benzene rings is 2. The van der Waals surface area contributed by atoms with Crippen LogP contribution in [0.25, 0.3) is 22.5 Å². The zero-order valence-electron chi connectivity index (χ0n) is 18.3. The lowest BCUT2D eigenvalue weighted by molar-refractivity contribution is 0.262. The van der Waals surface area contributed by atoms with Gasteiger partial charge in [0.2, 0.25) is 0 Å². The Hall–Kier alpha value is -3.43. The van der Waals surface area contributed by atoms with Gasteiger partial charge in [-0.25, -0.2) is 14.8 Å². The second-order valence-electron chi connectivity index (χ2n) is 7.54. The van der Waals surface area contributed by atoms with Crippen LogP contribution in [0.15, 0.2) is 59.3 Å². The molecule has 2 aromatic carbocycles. The molecule has 2 heterocycles. The molecule has 2 N–H and O–H groups in total. The number of hydrogen-bond donors (Lipinski definition) is 2. The highest BCUT2D eigenvalue weighted by Gasteiger charge is 2.11. The molecule has 0 unspecified atom stereocenters. The van der Waals surface area contributed by atoms with E-state index in [0.717, 1.165) is 33.9 Å². The first-order valence-corrected chi connectivity index (χ1v) is 11.7. The van der Waals surface area contributed by atoms with E-state index in [1.807, 2.05) is 97.3 Å². The van der Waals surface area contributed by atoms with Crippen LogP contribution in [0.1, 0.15) is 0 Å². The van der Waals surface area contributed by atoms with Crippen molar-refractivity contribution in [3.8, 4) is 22.5 Å². The van der Waals surface area contributed by atoms with Crippen molar-refractivity contribution in [3.05, 3.63) is 59.3 Å². The molecular formula is C23H24N6OS2. The van der Waals surface area contributed by atoms with Crippen molar-refractivity contribution in [2.45, 2.75) is 0 Å². The minimum Gasteiger partial charge on any atom is -0.378 e. The summed E-state index contributed by atoms with van der Waals surface area (Å²) >= 11 is 2.77. The molecule has 32 heavy (non-hydrogen) atoms. The molecule has 0 aliphatic heterocycles. The highest BCUT2D eigenvalue weighted by atomic mass is 32.1. The molecule has 0 saturated carbocycles. The van der Waals surface area contributed by atoms with Gasteiger partial charge in [-0.05, 0) is 24.3 Å². The van der Waals surface area contributed by atoms with E-state index < -0.39 is 0 Å². The molecule has 0 spiro atoms. The topological polar surface area (TPSA) is 73.4 Å². The van der Waals surface area contributed by atoms with Crippen LogP contribution in [-0.2, 0) is 0 Å². The number of nitrogens with zero attached hydrogens (tertiary/aromatic N) is 4. The lowest BCUT2D eigenvalue weighted by Gasteiger charge is -2.12. The number of carbonyl (C=O) groups excluding carboxylic acids is 1. The van der Waals surface area contributed by atoms with Crippen molar-refractivity contribution in [2.24, 2.45) is 0 Å². The summed E-state index contributed by atoms with van der Waals surface area (Å²) in [7, 11) is 8.02. The van der Waals surface area contributed by atoms with Crippen molar-refractivity contribution in [1.29, 1.82) is 0 Å². The number of thiazole rings is 2. The van der Waals surface area contributed by atoms with Gasteiger partial charge in [-0.1, -0.05) is 24.3 Å². The van der Waals surface area contributed by atoms with Crippen LogP contribution in [0, 0.1) is 0 Å². The van der Waals surface area contributed by atoms with E-state index in [2.05, 4.69) is 20.6 Å². The average Bonchev–Trinajstić information content (AvgIpc) is 3.43. The number of aromatic nitrogens is 2. The fraction of sp³-hybridized carbons (Fsp3) is 0.174. The molecule has 7 nitrogen and oxygen atoms in total. The maximum Gasteiger partial charge on any atom is 0.327 e. The van der Waals surface area contributed by atoms with Crippen LogP contribution in [0.2, 0.25) is 0 Å². The lowest BCUT2D eigenvalue weighted by Crippen LogP contribution is -2.19. The Bertz CT molecular complexity index is 1100. The number of amides is 2. The summed E-state index contributed by atoms with van der Waals surface area (Å²) < 4.78 is 0. The van der Waals surface area contributed by atoms with Crippen LogP contribution in [0.3, 0.4) is 0 Å². The fourth-order valence-electron chi connectivity index (χ4n) is 3.01. The number of anilines is 4. The first-order chi connectivity index (χ1) is 15.4. The maximum atomic E-state index is 12.4. The Labute approximate surface area is 195 Å². The monoisotopic (exact) mass is 464 g/mol. The van der Waals surface area contributed by atoms with E-state index in [1.54, 1.807) is 0 Å². The highest BCUT2D eigenvalue weighted by molar-refractivity contribution is 7.14. The summed E-state index contributed by atoms with van der Waals surface area (Å²) in [6.07, 6.45) is 0. The average molecular weight is 465 g/mol. The first kappa shape index (κ1) is 21.8. The Morgan fingerprint density at radius 1 is 0.688 bits per heavy atom. The molecule has 4 aromatic rings. The van der Waals surface area contributed by atoms with Gasteiger partial charge in [-0.3, -0.25) is 10.6 Å². The summed E-state index contributed by atoms with van der Waals surface area (Å²) in [5.74, 6) is 0. The predicted octanol–water partition coefficient (Wildman–Crippen LogP) is 5.71. The van der Waals surface area contributed by atoms with Crippen molar-refractivity contribution < 1.29 is 4.79 Å². The van der Waals surface area contributed by atoms with E-state index in [4.69, 9.17) is 0 Å². The van der Waals surface area contributed by atoms with Crippen molar-refractivity contribution in [1.82, 2.24) is 9.97 Å². The number of hydrogen-bond acceptors (Lipinski definition) is 7. The molecule has 164 valence electrons. The zero-order chi connectivity index (χ0) is 22.7. The van der Waals surface area contributed by atoms with Crippen molar-refractivity contribution in [2.75, 3.05) is 48.6 Å². The van der Waals surface area contributed by atoms with Gasteiger partial charge >= 0.3 is 6.03 Å².